The van der Waals surface area contributed by atoms with E-state index in [4.69, 9.17) is 5.11 Å². The van der Waals surface area contributed by atoms with E-state index in [-0.39, 0.29) is 12.8 Å². The number of carboxylic acids is 1. The average molecular weight is 312 g/mol. The van der Waals surface area contributed by atoms with Crippen molar-refractivity contribution in [3.8, 4) is 0 Å². The van der Waals surface area contributed by atoms with Crippen molar-refractivity contribution in [2.45, 2.75) is 39.3 Å². The van der Waals surface area contributed by atoms with Crippen LogP contribution < -0.4 is 5.32 Å². The number of alkyl halides is 3. The standard InChI is InChI=1S/C12H19F3N2O4/c1-11(2,7-9(19)20)6-8(18)16-10(21)17(3)5-4-12(13,14)15/h4-7H2,1-3H3,(H,19,20)(H,16,18,21). The number of urea groups is 1. The molecule has 2 N–H and O–H groups in total. The lowest BCUT2D eigenvalue weighted by atomic mass is 9.85. The second kappa shape index (κ2) is 7.28. The highest BCUT2D eigenvalue weighted by Crippen LogP contribution is 2.24. The molecule has 0 bridgehead atoms. The van der Waals surface area contributed by atoms with Crippen LogP contribution in [0.15, 0.2) is 0 Å². The molecular formula is C12H19F3N2O4. The van der Waals surface area contributed by atoms with Crippen LogP contribution in [0.1, 0.15) is 33.1 Å². The Hall–Kier alpha value is -1.80. The molecule has 0 aliphatic heterocycles. The molecule has 0 fully saturated rings. The molecule has 0 radical (unpaired) electrons. The van der Waals surface area contributed by atoms with Crippen LogP contribution >= 0.6 is 0 Å². The molecule has 3 amide bonds. The Morgan fingerprint density at radius 3 is 2.10 bits per heavy atom. The predicted molar refractivity (Wildman–Crippen MR) is 67.5 cm³/mol. The summed E-state index contributed by atoms with van der Waals surface area (Å²) in [6.45, 7) is 2.51. The minimum absolute atomic E-state index is 0.224. The summed E-state index contributed by atoms with van der Waals surface area (Å²) in [6.07, 6.45) is -6.05. The number of carbonyl (C=O) groups is 3. The molecule has 0 unspecified atom stereocenters. The molecule has 0 aliphatic rings. The molecule has 122 valence electrons. The fourth-order valence-corrected chi connectivity index (χ4v) is 1.56. The van der Waals surface area contributed by atoms with Crippen LogP contribution in [0.3, 0.4) is 0 Å². The average Bonchev–Trinajstić information content (AvgIpc) is 2.21. The first-order valence-electron chi connectivity index (χ1n) is 6.16. The molecule has 0 atom stereocenters. The largest absolute Gasteiger partial charge is 0.481 e. The van der Waals surface area contributed by atoms with E-state index in [2.05, 4.69) is 0 Å². The third kappa shape index (κ3) is 9.69. The highest BCUT2D eigenvalue weighted by atomic mass is 19.4. The summed E-state index contributed by atoms with van der Waals surface area (Å²) >= 11 is 0. The van der Waals surface area contributed by atoms with E-state index < -0.39 is 42.5 Å². The molecule has 9 heteroatoms. The Bertz CT molecular complexity index is 408. The van der Waals surface area contributed by atoms with Crippen LogP contribution in [0.2, 0.25) is 0 Å². The molecule has 0 aromatic heterocycles. The first-order chi connectivity index (χ1) is 9.32. The van der Waals surface area contributed by atoms with E-state index in [0.29, 0.717) is 0 Å². The minimum Gasteiger partial charge on any atom is -0.481 e. The monoisotopic (exact) mass is 312 g/mol. The van der Waals surface area contributed by atoms with Crippen molar-refractivity contribution >= 4 is 17.9 Å². The van der Waals surface area contributed by atoms with Gasteiger partial charge in [-0.2, -0.15) is 13.2 Å². The summed E-state index contributed by atoms with van der Waals surface area (Å²) < 4.78 is 36.0. The number of carboxylic acid groups (broad SMARTS) is 1. The Morgan fingerprint density at radius 2 is 1.67 bits per heavy atom. The Kier molecular flexibility index (Phi) is 6.65. The maximum atomic E-state index is 12.0. The van der Waals surface area contributed by atoms with Gasteiger partial charge in [-0.1, -0.05) is 13.8 Å². The highest BCUT2D eigenvalue weighted by Gasteiger charge is 2.29. The third-order valence-corrected chi connectivity index (χ3v) is 2.59. The molecule has 0 saturated carbocycles. The predicted octanol–water partition coefficient (Wildman–Crippen LogP) is 2.00. The Balaban J connectivity index is 4.32. The summed E-state index contributed by atoms with van der Waals surface area (Å²) in [5, 5.41) is 10.6. The van der Waals surface area contributed by atoms with Gasteiger partial charge in [-0.05, 0) is 5.41 Å². The number of hydrogen-bond donors (Lipinski definition) is 2. The first-order valence-corrected chi connectivity index (χ1v) is 6.16. The summed E-state index contributed by atoms with van der Waals surface area (Å²) in [5.41, 5.74) is -0.860. The second-order valence-corrected chi connectivity index (χ2v) is 5.55. The van der Waals surface area contributed by atoms with Crippen molar-refractivity contribution in [2.24, 2.45) is 5.41 Å². The van der Waals surface area contributed by atoms with Crippen LogP contribution in [0.5, 0.6) is 0 Å². The van der Waals surface area contributed by atoms with Gasteiger partial charge in [0.25, 0.3) is 0 Å². The molecule has 0 rings (SSSR count). The van der Waals surface area contributed by atoms with Crippen molar-refractivity contribution in [1.82, 2.24) is 10.2 Å². The molecule has 0 saturated heterocycles. The highest BCUT2D eigenvalue weighted by molar-refractivity contribution is 5.94. The Labute approximate surface area is 120 Å². The number of hydrogen-bond acceptors (Lipinski definition) is 3. The zero-order valence-corrected chi connectivity index (χ0v) is 12.1. The summed E-state index contributed by atoms with van der Waals surface area (Å²) in [6, 6.07) is -0.949. The fraction of sp³-hybridized carbons (Fsp3) is 0.750. The van der Waals surface area contributed by atoms with E-state index in [1.54, 1.807) is 13.8 Å². The van der Waals surface area contributed by atoms with Gasteiger partial charge in [-0.25, -0.2) is 4.79 Å². The van der Waals surface area contributed by atoms with Crippen molar-refractivity contribution in [3.63, 3.8) is 0 Å². The van der Waals surface area contributed by atoms with Crippen LogP contribution in [0.4, 0.5) is 18.0 Å². The minimum atomic E-state index is -4.39. The van der Waals surface area contributed by atoms with Crippen molar-refractivity contribution < 1.29 is 32.7 Å². The molecule has 0 aromatic carbocycles. The van der Waals surface area contributed by atoms with Gasteiger partial charge in [0.2, 0.25) is 5.91 Å². The number of nitrogens with zero attached hydrogens (tertiary/aromatic N) is 1. The summed E-state index contributed by atoms with van der Waals surface area (Å²) in [5.74, 6) is -1.81. The number of imide groups is 1. The molecular weight excluding hydrogens is 293 g/mol. The van der Waals surface area contributed by atoms with E-state index in [1.165, 1.54) is 0 Å². The lowest BCUT2D eigenvalue weighted by molar-refractivity contribution is -0.139. The number of amides is 3. The van der Waals surface area contributed by atoms with E-state index in [0.717, 1.165) is 11.9 Å². The van der Waals surface area contributed by atoms with Gasteiger partial charge < -0.3 is 10.0 Å². The molecule has 0 aliphatic carbocycles. The van der Waals surface area contributed by atoms with Gasteiger partial charge in [0.1, 0.15) is 0 Å². The number of carbonyl (C=O) groups excluding carboxylic acids is 2. The molecule has 21 heavy (non-hydrogen) atoms. The van der Waals surface area contributed by atoms with Gasteiger partial charge in [0.05, 0.1) is 12.8 Å². The van der Waals surface area contributed by atoms with Gasteiger partial charge >= 0.3 is 18.2 Å². The fourth-order valence-electron chi connectivity index (χ4n) is 1.56. The third-order valence-electron chi connectivity index (χ3n) is 2.59. The van der Waals surface area contributed by atoms with E-state index in [1.807, 2.05) is 5.32 Å². The smallest absolute Gasteiger partial charge is 0.390 e. The summed E-state index contributed by atoms with van der Waals surface area (Å²) in [7, 11) is 1.14. The number of aliphatic carboxylic acids is 1. The van der Waals surface area contributed by atoms with E-state index in [9.17, 15) is 27.6 Å². The first kappa shape index (κ1) is 19.2. The molecule has 0 aromatic rings. The number of nitrogens with one attached hydrogen (secondary N) is 1. The molecule has 0 heterocycles. The van der Waals surface area contributed by atoms with Crippen LogP contribution in [-0.2, 0) is 9.59 Å². The van der Waals surface area contributed by atoms with Gasteiger partial charge in [-0.15, -0.1) is 0 Å². The zero-order chi connectivity index (χ0) is 16.8. The quantitative estimate of drug-likeness (QED) is 0.785. The normalized spacial score (nSPS) is 11.9. The summed E-state index contributed by atoms with van der Waals surface area (Å²) in [4.78, 5) is 34.4. The van der Waals surface area contributed by atoms with Crippen LogP contribution in [-0.4, -0.2) is 47.7 Å². The number of halogens is 3. The van der Waals surface area contributed by atoms with E-state index >= 15 is 0 Å². The zero-order valence-electron chi connectivity index (χ0n) is 12.1. The molecule has 0 spiro atoms. The van der Waals surface area contributed by atoms with Crippen molar-refractivity contribution in [2.75, 3.05) is 13.6 Å². The lowest BCUT2D eigenvalue weighted by Gasteiger charge is -2.23. The Morgan fingerprint density at radius 1 is 1.14 bits per heavy atom. The van der Waals surface area contributed by atoms with Crippen molar-refractivity contribution in [3.05, 3.63) is 0 Å². The maximum absolute atomic E-state index is 12.0. The second-order valence-electron chi connectivity index (χ2n) is 5.55. The lowest BCUT2D eigenvalue weighted by Crippen LogP contribution is -2.43. The topological polar surface area (TPSA) is 86.7 Å². The number of rotatable bonds is 6. The van der Waals surface area contributed by atoms with Crippen LogP contribution in [0, 0.1) is 5.41 Å². The molecule has 6 nitrogen and oxygen atoms in total. The van der Waals surface area contributed by atoms with Gasteiger partial charge in [0.15, 0.2) is 0 Å². The maximum Gasteiger partial charge on any atom is 0.390 e. The van der Waals surface area contributed by atoms with Crippen LogP contribution in [0.25, 0.3) is 0 Å². The van der Waals surface area contributed by atoms with Crippen molar-refractivity contribution in [1.29, 1.82) is 0 Å². The van der Waals surface area contributed by atoms with Gasteiger partial charge in [0, 0.05) is 20.0 Å². The van der Waals surface area contributed by atoms with Gasteiger partial charge in [-0.3, -0.25) is 14.9 Å². The SMILES string of the molecule is CN(CCC(F)(F)F)C(=O)NC(=O)CC(C)(C)CC(=O)O.